The van der Waals surface area contributed by atoms with E-state index in [2.05, 4.69) is 5.21 Å². The van der Waals surface area contributed by atoms with Crippen LogP contribution in [0, 0.1) is 5.21 Å². The highest BCUT2D eigenvalue weighted by atomic mass is 16.5. The van der Waals surface area contributed by atoms with Gasteiger partial charge in [0.1, 0.15) is 11.0 Å². The summed E-state index contributed by atoms with van der Waals surface area (Å²) in [7, 11) is 1.75. The number of unbranched alkanes of at least 4 members (excludes halogenated alkanes) is 5. The Balaban J connectivity index is 1.29. The molecule has 4 aromatic rings. The number of nitrogens with zero attached hydrogens (tertiary/aromatic N) is 3. The summed E-state index contributed by atoms with van der Waals surface area (Å²) in [6.45, 7) is 1.58. The SMILES string of the molecule is COCCCCCCCCOc1ccc(-c2ccc(C(=O)n3n[n+]([O-])c4ccccc43)cc2)cc1. The van der Waals surface area contributed by atoms with Crippen molar-refractivity contribution in [3.8, 4) is 16.9 Å². The van der Waals surface area contributed by atoms with Crippen molar-refractivity contribution in [1.29, 1.82) is 0 Å². The molecule has 0 aliphatic heterocycles. The quantitative estimate of drug-likeness (QED) is 0.157. The number of benzene rings is 3. The smallest absolute Gasteiger partial charge is 0.366 e. The third kappa shape index (κ3) is 6.25. The number of para-hydroxylation sites is 2. The van der Waals surface area contributed by atoms with Crippen LogP contribution in [0.5, 0.6) is 5.75 Å². The number of ether oxygens (including phenoxy) is 2. The van der Waals surface area contributed by atoms with Gasteiger partial charge in [-0.1, -0.05) is 66.8 Å². The van der Waals surface area contributed by atoms with E-state index < -0.39 is 0 Å². The van der Waals surface area contributed by atoms with Gasteiger partial charge in [0.15, 0.2) is 0 Å². The molecule has 35 heavy (non-hydrogen) atoms. The summed E-state index contributed by atoms with van der Waals surface area (Å²) < 4.78 is 12.1. The monoisotopic (exact) mass is 473 g/mol. The highest BCUT2D eigenvalue weighted by Gasteiger charge is 2.22. The topological polar surface area (TPSA) is 80.3 Å². The molecule has 7 heteroatoms. The number of hydrogen-bond acceptors (Lipinski definition) is 5. The Morgan fingerprint density at radius 2 is 1.43 bits per heavy atom. The third-order valence-corrected chi connectivity index (χ3v) is 6.01. The van der Waals surface area contributed by atoms with E-state index in [1.165, 1.54) is 25.7 Å². The molecule has 0 aliphatic rings. The van der Waals surface area contributed by atoms with Crippen LogP contribution in [0.4, 0.5) is 0 Å². The van der Waals surface area contributed by atoms with Crippen molar-refractivity contribution in [2.24, 2.45) is 0 Å². The lowest BCUT2D eigenvalue weighted by Crippen LogP contribution is -2.31. The zero-order chi connectivity index (χ0) is 24.5. The Hall–Kier alpha value is -3.71. The number of rotatable bonds is 12. The van der Waals surface area contributed by atoms with Gasteiger partial charge < -0.3 is 14.7 Å². The Kier molecular flexibility index (Phi) is 8.46. The van der Waals surface area contributed by atoms with Gasteiger partial charge >= 0.3 is 5.91 Å². The summed E-state index contributed by atoms with van der Waals surface area (Å²) in [5.74, 6) is 0.512. The van der Waals surface area contributed by atoms with Gasteiger partial charge in [-0.2, -0.15) is 0 Å². The summed E-state index contributed by atoms with van der Waals surface area (Å²) in [6.07, 6.45) is 7.09. The van der Waals surface area contributed by atoms with E-state index in [9.17, 15) is 10.0 Å². The van der Waals surface area contributed by atoms with Gasteiger partial charge in [0.05, 0.1) is 12.2 Å². The van der Waals surface area contributed by atoms with E-state index >= 15 is 0 Å². The second-order valence-corrected chi connectivity index (χ2v) is 8.53. The van der Waals surface area contributed by atoms with Gasteiger partial charge in [0.25, 0.3) is 0 Å². The van der Waals surface area contributed by atoms with Crippen LogP contribution in [0.1, 0.15) is 48.9 Å². The van der Waals surface area contributed by atoms with Crippen LogP contribution < -0.4 is 9.58 Å². The molecular formula is C28H31N3O4. The molecule has 0 N–H and O–H groups in total. The predicted octanol–water partition coefficient (Wildman–Crippen LogP) is 5.39. The maximum Gasteiger partial charge on any atom is 0.366 e. The first-order valence-corrected chi connectivity index (χ1v) is 12.1. The van der Waals surface area contributed by atoms with Crippen molar-refractivity contribution in [3.05, 3.63) is 83.6 Å². The summed E-state index contributed by atoms with van der Waals surface area (Å²) in [6, 6.07) is 22.1. The Morgan fingerprint density at radius 1 is 0.829 bits per heavy atom. The molecule has 0 saturated heterocycles. The molecule has 0 fully saturated rings. The molecule has 182 valence electrons. The maximum absolute atomic E-state index is 12.9. The lowest BCUT2D eigenvalue weighted by atomic mass is 10.0. The third-order valence-electron chi connectivity index (χ3n) is 6.01. The van der Waals surface area contributed by atoms with Crippen molar-refractivity contribution in [2.75, 3.05) is 20.3 Å². The largest absolute Gasteiger partial charge is 0.691 e. The van der Waals surface area contributed by atoms with Crippen LogP contribution in [-0.2, 0) is 4.74 Å². The van der Waals surface area contributed by atoms with E-state index in [-0.39, 0.29) is 5.91 Å². The second-order valence-electron chi connectivity index (χ2n) is 8.53. The zero-order valence-corrected chi connectivity index (χ0v) is 20.1. The van der Waals surface area contributed by atoms with Crippen molar-refractivity contribution in [1.82, 2.24) is 9.90 Å². The van der Waals surface area contributed by atoms with Gasteiger partial charge in [-0.15, -0.1) is 4.85 Å². The lowest BCUT2D eigenvalue weighted by molar-refractivity contribution is -0.645. The normalized spacial score (nSPS) is 11.1. The predicted molar refractivity (Wildman–Crippen MR) is 135 cm³/mol. The summed E-state index contributed by atoms with van der Waals surface area (Å²) in [5, 5.41) is 15.8. The number of fused-ring (bicyclic) bond motifs is 1. The van der Waals surface area contributed by atoms with E-state index in [0.717, 1.165) is 47.6 Å². The molecule has 0 saturated carbocycles. The molecule has 0 atom stereocenters. The zero-order valence-electron chi connectivity index (χ0n) is 20.1. The van der Waals surface area contributed by atoms with Crippen LogP contribution in [0.3, 0.4) is 0 Å². The number of methoxy groups -OCH3 is 1. The highest BCUT2D eigenvalue weighted by molar-refractivity contribution is 5.99. The minimum Gasteiger partial charge on any atom is -0.691 e. The molecule has 0 bridgehead atoms. The van der Waals surface area contributed by atoms with Crippen molar-refractivity contribution in [2.45, 2.75) is 38.5 Å². The number of hydrogen-bond donors (Lipinski definition) is 0. The van der Waals surface area contributed by atoms with Gasteiger partial charge in [-0.3, -0.25) is 0 Å². The summed E-state index contributed by atoms with van der Waals surface area (Å²) >= 11 is 0. The first-order valence-electron chi connectivity index (χ1n) is 12.1. The molecule has 0 unspecified atom stereocenters. The van der Waals surface area contributed by atoms with Crippen LogP contribution in [-0.4, -0.2) is 36.1 Å². The average Bonchev–Trinajstić information content (AvgIpc) is 3.24. The van der Waals surface area contributed by atoms with Crippen LogP contribution in [0.15, 0.2) is 72.8 Å². The van der Waals surface area contributed by atoms with E-state index in [4.69, 9.17) is 9.47 Å². The fraction of sp³-hybridized carbons (Fsp3) is 0.321. The fourth-order valence-corrected chi connectivity index (χ4v) is 4.05. The summed E-state index contributed by atoms with van der Waals surface area (Å²) in [4.78, 5) is 13.4. The molecule has 4 rings (SSSR count). The minimum atomic E-state index is -0.346. The molecular weight excluding hydrogens is 442 g/mol. The van der Waals surface area contributed by atoms with Crippen LogP contribution in [0.2, 0.25) is 0 Å². The standard InChI is InChI=1S/C28H31N3O4/c1-34-20-8-4-2-3-5-9-21-35-25-18-16-23(17-19-25)22-12-14-24(15-13-22)28(32)30-26-10-6-7-11-27(26)31(33)29-30/h6-7,10-19H,2-5,8-9,20-21H2,1H3. The van der Waals surface area contributed by atoms with Gasteiger partial charge in [0, 0.05) is 13.7 Å². The molecule has 1 heterocycles. The molecule has 7 nitrogen and oxygen atoms in total. The Labute approximate surface area is 205 Å². The molecule has 0 aliphatic carbocycles. The van der Waals surface area contributed by atoms with Crippen LogP contribution in [0.25, 0.3) is 22.2 Å². The first kappa shape index (κ1) is 24.4. The highest BCUT2D eigenvalue weighted by Crippen LogP contribution is 2.23. The molecule has 0 amide bonds. The van der Waals surface area contributed by atoms with Gasteiger partial charge in [-0.05, 0) is 60.4 Å². The van der Waals surface area contributed by atoms with Crippen molar-refractivity contribution < 1.29 is 19.1 Å². The fourth-order valence-electron chi connectivity index (χ4n) is 4.05. The van der Waals surface area contributed by atoms with E-state index in [0.29, 0.717) is 21.4 Å². The molecule has 3 aromatic carbocycles. The van der Waals surface area contributed by atoms with Gasteiger partial charge in [-0.25, -0.2) is 4.79 Å². The first-order chi connectivity index (χ1) is 17.2. The number of aromatic nitrogens is 3. The molecule has 0 spiro atoms. The second kappa shape index (κ2) is 12.1. The Morgan fingerprint density at radius 3 is 2.11 bits per heavy atom. The Bertz CT molecular complexity index is 1230. The molecule has 1 aromatic heterocycles. The molecule has 0 radical (unpaired) electrons. The number of carbonyl (C=O) groups excluding carboxylic acids is 1. The number of carbonyl (C=O) groups is 1. The van der Waals surface area contributed by atoms with E-state index in [1.54, 1.807) is 43.5 Å². The van der Waals surface area contributed by atoms with Crippen molar-refractivity contribution >= 4 is 16.9 Å². The van der Waals surface area contributed by atoms with E-state index in [1.807, 2.05) is 36.4 Å². The lowest BCUT2D eigenvalue weighted by Gasteiger charge is -2.08. The average molecular weight is 474 g/mol. The minimum absolute atomic E-state index is 0.346. The van der Waals surface area contributed by atoms with Gasteiger partial charge in [0.2, 0.25) is 11.0 Å². The van der Waals surface area contributed by atoms with Crippen molar-refractivity contribution in [3.63, 3.8) is 0 Å². The van der Waals surface area contributed by atoms with Crippen LogP contribution >= 0.6 is 0 Å². The summed E-state index contributed by atoms with van der Waals surface area (Å²) in [5.41, 5.74) is 3.33. The maximum atomic E-state index is 12.9.